The van der Waals surface area contributed by atoms with Gasteiger partial charge < -0.3 is 10.5 Å². The van der Waals surface area contributed by atoms with Gasteiger partial charge in [-0.1, -0.05) is 26.2 Å². The standard InChI is InChI=1S/C16H30N2O/c1-13-9-14(17)12-18(11-13)15-5-8-19-16(10-15)6-3-2-4-7-16/h13-15H,2-12,17H2,1H3. The van der Waals surface area contributed by atoms with E-state index in [4.69, 9.17) is 10.5 Å². The molecule has 110 valence electrons. The highest BCUT2D eigenvalue weighted by Crippen LogP contribution is 2.40. The monoisotopic (exact) mass is 266 g/mol. The highest BCUT2D eigenvalue weighted by Gasteiger charge is 2.41. The molecule has 1 saturated carbocycles. The molecule has 3 nitrogen and oxygen atoms in total. The average molecular weight is 266 g/mol. The van der Waals surface area contributed by atoms with Gasteiger partial charge in [-0.15, -0.1) is 0 Å². The van der Waals surface area contributed by atoms with Gasteiger partial charge in [0, 0.05) is 31.8 Å². The molecule has 3 fully saturated rings. The first-order valence-electron chi connectivity index (χ1n) is 8.30. The number of hydrogen-bond donors (Lipinski definition) is 1. The minimum Gasteiger partial charge on any atom is -0.375 e. The van der Waals surface area contributed by atoms with E-state index in [1.165, 1.54) is 57.9 Å². The number of nitrogens with zero attached hydrogens (tertiary/aromatic N) is 1. The smallest absolute Gasteiger partial charge is 0.0697 e. The minimum absolute atomic E-state index is 0.228. The highest BCUT2D eigenvalue weighted by molar-refractivity contribution is 4.94. The molecule has 2 aliphatic heterocycles. The van der Waals surface area contributed by atoms with Gasteiger partial charge in [-0.2, -0.15) is 0 Å². The van der Waals surface area contributed by atoms with Crippen molar-refractivity contribution in [1.29, 1.82) is 0 Å². The third-order valence-electron chi connectivity index (χ3n) is 5.47. The van der Waals surface area contributed by atoms with Crippen LogP contribution in [0.25, 0.3) is 0 Å². The van der Waals surface area contributed by atoms with E-state index in [0.29, 0.717) is 6.04 Å². The molecule has 1 spiro atoms. The molecule has 3 aliphatic rings. The maximum absolute atomic E-state index is 6.22. The van der Waals surface area contributed by atoms with Crippen molar-refractivity contribution in [3.63, 3.8) is 0 Å². The maximum atomic E-state index is 6.22. The van der Waals surface area contributed by atoms with Crippen LogP contribution in [-0.4, -0.2) is 42.3 Å². The van der Waals surface area contributed by atoms with Crippen molar-refractivity contribution in [2.75, 3.05) is 19.7 Å². The highest BCUT2D eigenvalue weighted by atomic mass is 16.5. The minimum atomic E-state index is 0.228. The Morgan fingerprint density at radius 3 is 2.68 bits per heavy atom. The zero-order valence-corrected chi connectivity index (χ0v) is 12.4. The SMILES string of the molecule is CC1CC(N)CN(C2CCOC3(CCCCC3)C2)C1. The van der Waals surface area contributed by atoms with E-state index >= 15 is 0 Å². The summed E-state index contributed by atoms with van der Waals surface area (Å²) in [5, 5.41) is 0. The van der Waals surface area contributed by atoms with Crippen molar-refractivity contribution >= 4 is 0 Å². The molecule has 0 bridgehead atoms. The van der Waals surface area contributed by atoms with Crippen LogP contribution < -0.4 is 5.73 Å². The van der Waals surface area contributed by atoms with Crippen LogP contribution in [0.15, 0.2) is 0 Å². The third-order valence-corrected chi connectivity index (χ3v) is 5.47. The molecule has 0 radical (unpaired) electrons. The van der Waals surface area contributed by atoms with E-state index < -0.39 is 0 Å². The predicted molar refractivity (Wildman–Crippen MR) is 78.1 cm³/mol. The molecule has 2 saturated heterocycles. The van der Waals surface area contributed by atoms with Crippen LogP contribution in [-0.2, 0) is 4.74 Å². The van der Waals surface area contributed by atoms with Crippen molar-refractivity contribution in [2.45, 2.75) is 76.0 Å². The fourth-order valence-electron chi connectivity index (χ4n) is 4.60. The lowest BCUT2D eigenvalue weighted by Gasteiger charge is -2.48. The molecule has 3 heteroatoms. The van der Waals surface area contributed by atoms with Gasteiger partial charge in [0.05, 0.1) is 5.60 Å². The molecular weight excluding hydrogens is 236 g/mol. The fraction of sp³-hybridized carbons (Fsp3) is 1.00. The van der Waals surface area contributed by atoms with Gasteiger partial charge in [0.2, 0.25) is 0 Å². The zero-order valence-electron chi connectivity index (χ0n) is 12.4. The van der Waals surface area contributed by atoms with Crippen LogP contribution in [0.4, 0.5) is 0 Å². The summed E-state index contributed by atoms with van der Waals surface area (Å²) in [6.45, 7) is 5.66. The summed E-state index contributed by atoms with van der Waals surface area (Å²) in [6, 6.07) is 1.11. The Kier molecular flexibility index (Phi) is 4.16. The Labute approximate surface area is 117 Å². The van der Waals surface area contributed by atoms with Crippen molar-refractivity contribution in [1.82, 2.24) is 4.90 Å². The molecule has 3 unspecified atom stereocenters. The van der Waals surface area contributed by atoms with E-state index in [1.807, 2.05) is 0 Å². The van der Waals surface area contributed by atoms with E-state index in [9.17, 15) is 0 Å². The van der Waals surface area contributed by atoms with Crippen LogP contribution in [0.5, 0.6) is 0 Å². The molecule has 2 N–H and O–H groups in total. The predicted octanol–water partition coefficient (Wildman–Crippen LogP) is 2.54. The van der Waals surface area contributed by atoms with Crippen molar-refractivity contribution in [3.8, 4) is 0 Å². The summed E-state index contributed by atoms with van der Waals surface area (Å²) in [5.41, 5.74) is 6.45. The quantitative estimate of drug-likeness (QED) is 0.792. The Bertz CT molecular complexity index is 286. The maximum Gasteiger partial charge on any atom is 0.0697 e. The van der Waals surface area contributed by atoms with Crippen LogP contribution >= 0.6 is 0 Å². The Hall–Kier alpha value is -0.120. The summed E-state index contributed by atoms with van der Waals surface area (Å²) < 4.78 is 6.22. The first kappa shape index (κ1) is 13.8. The number of hydrogen-bond acceptors (Lipinski definition) is 3. The molecule has 3 rings (SSSR count). The lowest BCUT2D eigenvalue weighted by atomic mass is 9.77. The average Bonchev–Trinajstić information content (AvgIpc) is 2.38. The Morgan fingerprint density at radius 1 is 1.16 bits per heavy atom. The second-order valence-electron chi connectivity index (χ2n) is 7.29. The number of piperidine rings is 1. The molecule has 19 heavy (non-hydrogen) atoms. The van der Waals surface area contributed by atoms with E-state index in [2.05, 4.69) is 11.8 Å². The molecule has 0 aromatic heterocycles. The Morgan fingerprint density at radius 2 is 1.95 bits per heavy atom. The summed E-state index contributed by atoms with van der Waals surface area (Å²) in [6.07, 6.45) is 10.4. The second-order valence-corrected chi connectivity index (χ2v) is 7.29. The lowest BCUT2D eigenvalue weighted by molar-refractivity contribution is -0.127. The molecule has 3 atom stereocenters. The van der Waals surface area contributed by atoms with Crippen molar-refractivity contribution in [2.24, 2.45) is 11.7 Å². The summed E-state index contributed by atoms with van der Waals surface area (Å²) in [7, 11) is 0. The Balaban J connectivity index is 1.64. The van der Waals surface area contributed by atoms with Gasteiger partial charge in [-0.05, 0) is 38.0 Å². The largest absolute Gasteiger partial charge is 0.375 e. The normalized spacial score (nSPS) is 40.4. The van der Waals surface area contributed by atoms with Crippen LogP contribution in [0.1, 0.15) is 58.3 Å². The number of likely N-dealkylation sites (tertiary alicyclic amines) is 1. The lowest BCUT2D eigenvalue weighted by Crippen LogP contribution is -2.55. The molecule has 0 amide bonds. The second kappa shape index (κ2) is 5.71. The van der Waals surface area contributed by atoms with E-state index in [-0.39, 0.29) is 5.60 Å². The molecule has 2 heterocycles. The fourth-order valence-corrected chi connectivity index (χ4v) is 4.60. The van der Waals surface area contributed by atoms with Gasteiger partial charge in [0.1, 0.15) is 0 Å². The van der Waals surface area contributed by atoms with Gasteiger partial charge in [0.25, 0.3) is 0 Å². The molecule has 1 aliphatic carbocycles. The van der Waals surface area contributed by atoms with Gasteiger partial charge in [0.15, 0.2) is 0 Å². The third kappa shape index (κ3) is 3.14. The summed E-state index contributed by atoms with van der Waals surface area (Å²) in [5.74, 6) is 0.758. The molecule has 0 aromatic carbocycles. The number of nitrogens with two attached hydrogens (primary N) is 1. The first-order valence-corrected chi connectivity index (χ1v) is 8.30. The van der Waals surface area contributed by atoms with E-state index in [1.54, 1.807) is 0 Å². The first-order chi connectivity index (χ1) is 9.17. The number of rotatable bonds is 1. The van der Waals surface area contributed by atoms with Crippen LogP contribution in [0.3, 0.4) is 0 Å². The summed E-state index contributed by atoms with van der Waals surface area (Å²) in [4.78, 5) is 2.68. The van der Waals surface area contributed by atoms with Crippen LogP contribution in [0.2, 0.25) is 0 Å². The van der Waals surface area contributed by atoms with Crippen molar-refractivity contribution < 1.29 is 4.74 Å². The van der Waals surface area contributed by atoms with Gasteiger partial charge in [-0.3, -0.25) is 4.90 Å². The molecular formula is C16H30N2O. The van der Waals surface area contributed by atoms with Crippen molar-refractivity contribution in [3.05, 3.63) is 0 Å². The van der Waals surface area contributed by atoms with Gasteiger partial charge >= 0.3 is 0 Å². The van der Waals surface area contributed by atoms with Crippen LogP contribution in [0, 0.1) is 5.92 Å². The number of ether oxygens (including phenoxy) is 1. The van der Waals surface area contributed by atoms with Gasteiger partial charge in [-0.25, -0.2) is 0 Å². The molecule has 0 aromatic rings. The summed E-state index contributed by atoms with van der Waals surface area (Å²) >= 11 is 0. The van der Waals surface area contributed by atoms with E-state index in [0.717, 1.165) is 25.1 Å². The zero-order chi connectivity index (χ0) is 13.3. The topological polar surface area (TPSA) is 38.5 Å².